The van der Waals surface area contributed by atoms with Gasteiger partial charge in [0.15, 0.2) is 0 Å². The lowest BCUT2D eigenvalue weighted by atomic mass is 10.2. The Labute approximate surface area is 104 Å². The van der Waals surface area contributed by atoms with Crippen molar-refractivity contribution < 1.29 is 0 Å². The molecule has 0 unspecified atom stereocenters. The number of halogens is 1. The first-order chi connectivity index (χ1) is 7.72. The Bertz CT molecular complexity index is 656. The molecule has 0 aliphatic carbocycles. The molecule has 3 aromatic rings. The molecule has 0 amide bonds. The quantitative estimate of drug-likeness (QED) is 0.720. The van der Waals surface area contributed by atoms with Crippen molar-refractivity contribution >= 4 is 43.2 Å². The zero-order chi connectivity index (χ0) is 11.1. The molecule has 16 heavy (non-hydrogen) atoms. The second-order valence-electron chi connectivity index (χ2n) is 3.50. The van der Waals surface area contributed by atoms with Crippen molar-refractivity contribution in [3.63, 3.8) is 0 Å². The Morgan fingerprint density at radius 1 is 1.25 bits per heavy atom. The van der Waals surface area contributed by atoms with E-state index in [0.29, 0.717) is 5.82 Å². The number of rotatable bonds is 1. The van der Waals surface area contributed by atoms with E-state index in [4.69, 9.17) is 5.73 Å². The number of hydrogen-bond acceptors (Lipinski definition) is 3. The number of nitrogen functional groups attached to an aromatic ring is 1. The largest absolute Gasteiger partial charge is 0.382 e. The van der Waals surface area contributed by atoms with E-state index in [1.807, 2.05) is 12.1 Å². The van der Waals surface area contributed by atoms with Crippen molar-refractivity contribution in [1.29, 1.82) is 0 Å². The fourth-order valence-corrected chi connectivity index (χ4v) is 3.18. The molecule has 0 aliphatic rings. The molecule has 5 heteroatoms. The predicted octanol–water partition coefficient (Wildman–Crippen LogP) is 3.64. The molecule has 0 radical (unpaired) electrons. The van der Waals surface area contributed by atoms with Crippen molar-refractivity contribution in [3.8, 4) is 10.6 Å². The third-order valence-electron chi connectivity index (χ3n) is 2.35. The van der Waals surface area contributed by atoms with Crippen LogP contribution in [-0.2, 0) is 0 Å². The van der Waals surface area contributed by atoms with E-state index in [1.165, 1.54) is 10.1 Å². The molecule has 0 aliphatic heterocycles. The third-order valence-corrected chi connectivity index (χ3v) is 3.97. The van der Waals surface area contributed by atoms with Crippen molar-refractivity contribution in [1.82, 2.24) is 10.2 Å². The highest BCUT2D eigenvalue weighted by Gasteiger charge is 2.06. The lowest BCUT2D eigenvalue weighted by Gasteiger charge is -1.88. The van der Waals surface area contributed by atoms with Crippen LogP contribution >= 0.6 is 27.3 Å². The zero-order valence-electron chi connectivity index (χ0n) is 8.20. The number of thiophene rings is 1. The molecule has 0 saturated carbocycles. The second-order valence-corrected chi connectivity index (χ2v) is 5.50. The van der Waals surface area contributed by atoms with Crippen LogP contribution in [0.1, 0.15) is 0 Å². The third kappa shape index (κ3) is 1.62. The minimum Gasteiger partial charge on any atom is -0.382 e. The molecule has 3 nitrogen and oxygen atoms in total. The topological polar surface area (TPSA) is 54.7 Å². The van der Waals surface area contributed by atoms with Gasteiger partial charge in [-0.15, -0.1) is 11.3 Å². The molecule has 0 atom stereocenters. The first-order valence-electron chi connectivity index (χ1n) is 4.73. The molecule has 0 spiro atoms. The summed E-state index contributed by atoms with van der Waals surface area (Å²) < 4.78 is 2.34. The number of nitrogens with two attached hydrogens (primary N) is 1. The summed E-state index contributed by atoms with van der Waals surface area (Å²) in [6.07, 6.45) is 0. The number of H-pyrrole nitrogens is 1. The van der Waals surface area contributed by atoms with E-state index in [-0.39, 0.29) is 0 Å². The van der Waals surface area contributed by atoms with Gasteiger partial charge < -0.3 is 5.73 Å². The summed E-state index contributed by atoms with van der Waals surface area (Å²) in [7, 11) is 0. The van der Waals surface area contributed by atoms with Gasteiger partial charge in [-0.2, -0.15) is 5.10 Å². The van der Waals surface area contributed by atoms with Gasteiger partial charge in [0.1, 0.15) is 5.82 Å². The lowest BCUT2D eigenvalue weighted by molar-refractivity contribution is 1.11. The molecule has 0 bridgehead atoms. The van der Waals surface area contributed by atoms with Crippen LogP contribution in [0.15, 0.2) is 34.8 Å². The molecule has 0 saturated heterocycles. The van der Waals surface area contributed by atoms with E-state index >= 15 is 0 Å². The van der Waals surface area contributed by atoms with Gasteiger partial charge in [-0.05, 0) is 23.6 Å². The van der Waals surface area contributed by atoms with Crippen LogP contribution < -0.4 is 5.73 Å². The zero-order valence-corrected chi connectivity index (χ0v) is 10.6. The summed E-state index contributed by atoms with van der Waals surface area (Å²) in [5.41, 5.74) is 6.56. The number of anilines is 1. The van der Waals surface area contributed by atoms with Gasteiger partial charge in [0, 0.05) is 15.2 Å². The lowest BCUT2D eigenvalue weighted by Crippen LogP contribution is -1.81. The highest BCUT2D eigenvalue weighted by molar-refractivity contribution is 9.10. The minimum absolute atomic E-state index is 0.522. The van der Waals surface area contributed by atoms with Crippen LogP contribution in [0.3, 0.4) is 0 Å². The molecule has 0 fully saturated rings. The predicted molar refractivity (Wildman–Crippen MR) is 71.5 cm³/mol. The van der Waals surface area contributed by atoms with Crippen molar-refractivity contribution in [3.05, 3.63) is 34.8 Å². The van der Waals surface area contributed by atoms with E-state index < -0.39 is 0 Å². The first-order valence-corrected chi connectivity index (χ1v) is 6.34. The Morgan fingerprint density at radius 3 is 2.88 bits per heavy atom. The van der Waals surface area contributed by atoms with Crippen LogP contribution in [0.4, 0.5) is 5.82 Å². The number of nitrogens with one attached hydrogen (secondary N) is 1. The fraction of sp³-hybridized carbons (Fsp3) is 0. The molecule has 3 rings (SSSR count). The maximum absolute atomic E-state index is 5.59. The molecule has 2 heterocycles. The summed E-state index contributed by atoms with van der Waals surface area (Å²) in [4.78, 5) is 1.15. The fourth-order valence-electron chi connectivity index (χ4n) is 1.60. The summed E-state index contributed by atoms with van der Waals surface area (Å²) in [6.45, 7) is 0. The minimum atomic E-state index is 0.522. The van der Waals surface area contributed by atoms with Crippen LogP contribution in [0, 0.1) is 0 Å². The maximum atomic E-state index is 5.59. The van der Waals surface area contributed by atoms with Gasteiger partial charge in [0.25, 0.3) is 0 Å². The Hall–Kier alpha value is -1.33. The number of fused-ring (bicyclic) bond motifs is 1. The Kier molecular flexibility index (Phi) is 2.22. The summed E-state index contributed by atoms with van der Waals surface area (Å²) in [6, 6.07) is 10.2. The Morgan fingerprint density at radius 2 is 2.12 bits per heavy atom. The normalized spacial score (nSPS) is 11.1. The first kappa shape index (κ1) is 9.86. The Balaban J connectivity index is 2.18. The van der Waals surface area contributed by atoms with Gasteiger partial charge in [-0.1, -0.05) is 22.0 Å². The number of benzene rings is 1. The van der Waals surface area contributed by atoms with Gasteiger partial charge in [-0.3, -0.25) is 5.10 Å². The monoisotopic (exact) mass is 293 g/mol. The maximum Gasteiger partial charge on any atom is 0.145 e. The van der Waals surface area contributed by atoms with E-state index in [2.05, 4.69) is 44.3 Å². The number of aromatic nitrogens is 2. The smallest absolute Gasteiger partial charge is 0.145 e. The highest BCUT2D eigenvalue weighted by atomic mass is 79.9. The van der Waals surface area contributed by atoms with E-state index in [0.717, 1.165) is 15.0 Å². The van der Waals surface area contributed by atoms with Crippen LogP contribution in [-0.4, -0.2) is 10.2 Å². The van der Waals surface area contributed by atoms with Crippen LogP contribution in [0.5, 0.6) is 0 Å². The second kappa shape index (κ2) is 3.61. The summed E-state index contributed by atoms with van der Waals surface area (Å²) >= 11 is 5.19. The van der Waals surface area contributed by atoms with Gasteiger partial charge >= 0.3 is 0 Å². The van der Waals surface area contributed by atoms with Crippen molar-refractivity contribution in [2.24, 2.45) is 0 Å². The standard InChI is InChI=1S/C11H8BrN3S/c12-7-2-1-6-3-10(16-9(6)4-7)8-5-11(13)15-14-8/h1-5H,(H3,13,14,15). The van der Waals surface area contributed by atoms with Crippen molar-refractivity contribution in [2.45, 2.75) is 0 Å². The molecule has 3 N–H and O–H groups in total. The SMILES string of the molecule is Nc1cc(-c2cc3ccc(Br)cc3s2)[nH]n1. The summed E-state index contributed by atoms with van der Waals surface area (Å²) in [5, 5.41) is 8.08. The van der Waals surface area contributed by atoms with Gasteiger partial charge in [0.05, 0.1) is 10.6 Å². The number of aromatic amines is 1. The van der Waals surface area contributed by atoms with E-state index in [9.17, 15) is 0 Å². The summed E-state index contributed by atoms with van der Waals surface area (Å²) in [5.74, 6) is 0.522. The van der Waals surface area contributed by atoms with Crippen molar-refractivity contribution in [2.75, 3.05) is 5.73 Å². The molecule has 1 aromatic carbocycles. The van der Waals surface area contributed by atoms with Crippen LogP contribution in [0.25, 0.3) is 20.7 Å². The average molecular weight is 294 g/mol. The van der Waals surface area contributed by atoms with Gasteiger partial charge in [0.2, 0.25) is 0 Å². The highest BCUT2D eigenvalue weighted by Crippen LogP contribution is 2.34. The van der Waals surface area contributed by atoms with E-state index in [1.54, 1.807) is 11.3 Å². The molecule has 80 valence electrons. The molecule has 2 aromatic heterocycles. The average Bonchev–Trinajstić information content (AvgIpc) is 2.83. The molecular formula is C11H8BrN3S. The van der Waals surface area contributed by atoms with Gasteiger partial charge in [-0.25, -0.2) is 0 Å². The number of hydrogen-bond donors (Lipinski definition) is 2. The molecular weight excluding hydrogens is 286 g/mol. The number of nitrogens with zero attached hydrogens (tertiary/aromatic N) is 1. The van der Waals surface area contributed by atoms with Crippen LogP contribution in [0.2, 0.25) is 0 Å².